The predicted octanol–water partition coefficient (Wildman–Crippen LogP) is 3.43. The molecule has 2 aromatic carbocycles. The molecule has 0 fully saturated rings. The van der Waals surface area contributed by atoms with E-state index in [1.165, 1.54) is 11.0 Å². The minimum atomic E-state index is -0.250. The highest BCUT2D eigenvalue weighted by atomic mass is 32.1. The zero-order valence-corrected chi connectivity index (χ0v) is 15.6. The molecule has 8 heteroatoms. The van der Waals surface area contributed by atoms with Gasteiger partial charge in [0.15, 0.2) is 11.5 Å². The molecule has 4 aromatic rings. The minimum Gasteiger partial charge on any atom is -0.504 e. The minimum absolute atomic E-state index is 0.0803. The first-order valence-corrected chi connectivity index (χ1v) is 9.68. The molecular weight excluding hydrogens is 376 g/mol. The lowest BCUT2D eigenvalue weighted by atomic mass is 10.0. The van der Waals surface area contributed by atoms with E-state index in [4.69, 9.17) is 4.74 Å². The molecule has 0 bridgehead atoms. The van der Waals surface area contributed by atoms with E-state index in [-0.39, 0.29) is 17.5 Å². The molecule has 140 valence electrons. The van der Waals surface area contributed by atoms with Crippen molar-refractivity contribution in [1.82, 2.24) is 20.1 Å². The Balaban J connectivity index is 1.56. The number of carbonyl (C=O) groups excluding carboxylic acids is 1. The standard InChI is InChI=1S/C20H16N4O3S/c25-16-8-12(15-10-28-17-4-2-1-3-14(15)17)7-13-9-24(5-6-27-18(13)16)20(26)19-21-11-22-23-19/h1-4,7-8,10-11,25H,5-6,9H2,(H,21,22,23). The number of phenols is 1. The number of amides is 1. The Morgan fingerprint density at radius 2 is 2.18 bits per heavy atom. The smallest absolute Gasteiger partial charge is 0.291 e. The summed E-state index contributed by atoms with van der Waals surface area (Å²) in [5, 5.41) is 20.2. The average Bonchev–Trinajstić information content (AvgIpc) is 3.33. The third-order valence-electron chi connectivity index (χ3n) is 4.81. The number of rotatable bonds is 2. The van der Waals surface area contributed by atoms with Gasteiger partial charge in [0.1, 0.15) is 12.9 Å². The number of ether oxygens (including phenoxy) is 1. The summed E-state index contributed by atoms with van der Waals surface area (Å²) in [5.74, 6) is 0.445. The van der Waals surface area contributed by atoms with Gasteiger partial charge in [-0.3, -0.25) is 9.89 Å². The Morgan fingerprint density at radius 1 is 1.29 bits per heavy atom. The van der Waals surface area contributed by atoms with Crippen molar-refractivity contribution in [3.63, 3.8) is 0 Å². The van der Waals surface area contributed by atoms with Crippen LogP contribution in [0.1, 0.15) is 16.2 Å². The number of benzene rings is 2. The molecule has 1 aliphatic rings. The number of hydrogen-bond donors (Lipinski definition) is 2. The Morgan fingerprint density at radius 3 is 3.04 bits per heavy atom. The Bertz CT molecular complexity index is 1170. The van der Waals surface area contributed by atoms with Gasteiger partial charge in [-0.15, -0.1) is 11.3 Å². The summed E-state index contributed by atoms with van der Waals surface area (Å²) in [7, 11) is 0. The van der Waals surface area contributed by atoms with Crippen LogP contribution in [0.2, 0.25) is 0 Å². The molecular formula is C20H16N4O3S. The number of nitrogens with one attached hydrogen (secondary N) is 1. The molecule has 1 amide bonds. The second kappa shape index (κ2) is 6.65. The third kappa shape index (κ3) is 2.78. The van der Waals surface area contributed by atoms with Crippen molar-refractivity contribution < 1.29 is 14.6 Å². The van der Waals surface area contributed by atoms with Crippen LogP contribution in [0, 0.1) is 0 Å². The lowest BCUT2D eigenvalue weighted by molar-refractivity contribution is 0.0721. The molecule has 0 saturated heterocycles. The van der Waals surface area contributed by atoms with Crippen molar-refractivity contribution in [3.05, 3.63) is 59.5 Å². The molecule has 0 saturated carbocycles. The van der Waals surface area contributed by atoms with Gasteiger partial charge in [0, 0.05) is 21.2 Å². The number of thiophene rings is 1. The van der Waals surface area contributed by atoms with Crippen molar-refractivity contribution >= 4 is 27.3 Å². The zero-order valence-electron chi connectivity index (χ0n) is 14.8. The molecule has 3 heterocycles. The number of H-pyrrole nitrogens is 1. The summed E-state index contributed by atoms with van der Waals surface area (Å²) in [6, 6.07) is 11.9. The van der Waals surface area contributed by atoms with E-state index in [0.29, 0.717) is 25.4 Å². The van der Waals surface area contributed by atoms with E-state index in [0.717, 1.165) is 22.1 Å². The zero-order chi connectivity index (χ0) is 19.1. The first kappa shape index (κ1) is 16.8. The van der Waals surface area contributed by atoms with Gasteiger partial charge in [-0.05, 0) is 29.1 Å². The quantitative estimate of drug-likeness (QED) is 0.545. The first-order valence-electron chi connectivity index (χ1n) is 8.80. The number of aromatic amines is 1. The van der Waals surface area contributed by atoms with Gasteiger partial charge in [-0.2, -0.15) is 5.10 Å². The monoisotopic (exact) mass is 392 g/mol. The van der Waals surface area contributed by atoms with Crippen LogP contribution >= 0.6 is 11.3 Å². The number of phenolic OH excluding ortho intramolecular Hbond substituents is 1. The van der Waals surface area contributed by atoms with Crippen molar-refractivity contribution in [2.75, 3.05) is 13.2 Å². The highest BCUT2D eigenvalue weighted by Crippen LogP contribution is 2.41. The van der Waals surface area contributed by atoms with E-state index in [2.05, 4.69) is 32.7 Å². The van der Waals surface area contributed by atoms with Crippen LogP contribution < -0.4 is 4.74 Å². The molecule has 0 atom stereocenters. The molecule has 5 rings (SSSR count). The fourth-order valence-electron chi connectivity index (χ4n) is 3.49. The van der Waals surface area contributed by atoms with Crippen molar-refractivity contribution in [2.24, 2.45) is 0 Å². The number of carbonyl (C=O) groups is 1. The Kier molecular flexibility index (Phi) is 3.98. The highest BCUT2D eigenvalue weighted by Gasteiger charge is 2.25. The summed E-state index contributed by atoms with van der Waals surface area (Å²) in [6.45, 7) is 1.00. The summed E-state index contributed by atoms with van der Waals surface area (Å²) in [6.07, 6.45) is 1.31. The fraction of sp³-hybridized carbons (Fsp3) is 0.150. The first-order chi connectivity index (χ1) is 13.7. The van der Waals surface area contributed by atoms with E-state index in [1.54, 1.807) is 22.3 Å². The van der Waals surface area contributed by atoms with Crippen molar-refractivity contribution in [3.8, 4) is 22.6 Å². The van der Waals surface area contributed by atoms with Gasteiger partial charge in [0.2, 0.25) is 5.82 Å². The number of aromatic hydroxyl groups is 1. The summed E-state index contributed by atoms with van der Waals surface area (Å²) < 4.78 is 6.93. The topological polar surface area (TPSA) is 91.3 Å². The van der Waals surface area contributed by atoms with Gasteiger partial charge < -0.3 is 14.7 Å². The van der Waals surface area contributed by atoms with Gasteiger partial charge in [-0.25, -0.2) is 4.98 Å². The third-order valence-corrected chi connectivity index (χ3v) is 5.78. The van der Waals surface area contributed by atoms with Gasteiger partial charge in [-0.1, -0.05) is 18.2 Å². The van der Waals surface area contributed by atoms with Crippen molar-refractivity contribution in [1.29, 1.82) is 0 Å². The number of nitrogens with zero attached hydrogens (tertiary/aromatic N) is 3. The maximum absolute atomic E-state index is 12.7. The van der Waals surface area contributed by atoms with E-state index < -0.39 is 0 Å². The van der Waals surface area contributed by atoms with E-state index in [9.17, 15) is 9.90 Å². The van der Waals surface area contributed by atoms with Gasteiger partial charge in [0.05, 0.1) is 13.1 Å². The van der Waals surface area contributed by atoms with Crippen LogP contribution in [-0.2, 0) is 6.54 Å². The molecule has 1 aliphatic heterocycles. The van der Waals surface area contributed by atoms with Crippen LogP contribution in [0.15, 0.2) is 48.1 Å². The largest absolute Gasteiger partial charge is 0.504 e. The number of aromatic nitrogens is 3. The maximum atomic E-state index is 12.7. The van der Waals surface area contributed by atoms with Gasteiger partial charge >= 0.3 is 0 Å². The van der Waals surface area contributed by atoms with Gasteiger partial charge in [0.25, 0.3) is 5.91 Å². The molecule has 0 unspecified atom stereocenters. The lowest BCUT2D eigenvalue weighted by Crippen LogP contribution is -2.33. The maximum Gasteiger partial charge on any atom is 0.291 e. The molecule has 0 radical (unpaired) electrons. The molecule has 0 spiro atoms. The summed E-state index contributed by atoms with van der Waals surface area (Å²) in [4.78, 5) is 18.3. The average molecular weight is 392 g/mol. The van der Waals surface area contributed by atoms with Crippen LogP contribution in [0.4, 0.5) is 0 Å². The molecule has 0 aliphatic carbocycles. The predicted molar refractivity (Wildman–Crippen MR) is 106 cm³/mol. The molecule has 2 N–H and O–H groups in total. The summed E-state index contributed by atoms with van der Waals surface area (Å²) >= 11 is 1.66. The van der Waals surface area contributed by atoms with Crippen LogP contribution in [0.3, 0.4) is 0 Å². The molecule has 7 nitrogen and oxygen atoms in total. The second-order valence-electron chi connectivity index (χ2n) is 6.54. The fourth-order valence-corrected chi connectivity index (χ4v) is 4.46. The van der Waals surface area contributed by atoms with E-state index in [1.807, 2.05) is 18.2 Å². The van der Waals surface area contributed by atoms with Crippen LogP contribution in [-0.4, -0.2) is 44.2 Å². The highest BCUT2D eigenvalue weighted by molar-refractivity contribution is 7.17. The molecule has 28 heavy (non-hydrogen) atoms. The second-order valence-corrected chi connectivity index (χ2v) is 7.45. The summed E-state index contributed by atoms with van der Waals surface area (Å²) in [5.41, 5.74) is 2.71. The van der Waals surface area contributed by atoms with Crippen LogP contribution in [0.25, 0.3) is 21.2 Å². The normalized spacial score (nSPS) is 13.8. The Labute approximate surface area is 164 Å². The lowest BCUT2D eigenvalue weighted by Gasteiger charge is -2.18. The molecule has 2 aromatic heterocycles. The van der Waals surface area contributed by atoms with Crippen molar-refractivity contribution in [2.45, 2.75) is 6.54 Å². The van der Waals surface area contributed by atoms with Crippen LogP contribution in [0.5, 0.6) is 11.5 Å². The number of hydrogen-bond acceptors (Lipinski definition) is 6. The SMILES string of the molecule is O=C(c1ncn[nH]1)N1CCOc2c(O)cc(-c3csc4ccccc34)cc2C1. The van der Waals surface area contributed by atoms with E-state index >= 15 is 0 Å². The number of fused-ring (bicyclic) bond motifs is 2. The Hall–Kier alpha value is -3.39.